The fourth-order valence-corrected chi connectivity index (χ4v) is 2.71. The molecule has 1 heterocycles. The zero-order chi connectivity index (χ0) is 13.2. The molecule has 0 atom stereocenters. The molecule has 0 spiro atoms. The van der Waals surface area contributed by atoms with Gasteiger partial charge in [0.05, 0.1) is 11.4 Å². The predicted octanol–water partition coefficient (Wildman–Crippen LogP) is 2.37. The first kappa shape index (κ1) is 12.9. The fraction of sp³-hybridized carbons (Fsp3) is 0.231. The van der Waals surface area contributed by atoms with Crippen molar-refractivity contribution < 1.29 is 12.8 Å². The van der Waals surface area contributed by atoms with Crippen molar-refractivity contribution in [2.45, 2.75) is 25.3 Å². The number of hydrogen-bond donors (Lipinski definition) is 1. The van der Waals surface area contributed by atoms with Crippen LogP contribution in [0.1, 0.15) is 17.1 Å². The van der Waals surface area contributed by atoms with Crippen molar-refractivity contribution in [2.75, 3.05) is 0 Å². The van der Waals surface area contributed by atoms with Crippen LogP contribution in [0.3, 0.4) is 0 Å². The first-order valence-corrected chi connectivity index (χ1v) is 7.07. The number of sulfonamides is 1. The number of aryl methyl sites for hydroxylation is 2. The van der Waals surface area contributed by atoms with Crippen molar-refractivity contribution in [3.63, 3.8) is 0 Å². The van der Waals surface area contributed by atoms with E-state index in [1.165, 1.54) is 0 Å². The molecule has 0 aliphatic heterocycles. The Morgan fingerprint density at radius 1 is 1.17 bits per heavy atom. The molecule has 4 nitrogen and oxygen atoms in total. The van der Waals surface area contributed by atoms with Crippen molar-refractivity contribution in [3.8, 4) is 0 Å². The lowest BCUT2D eigenvalue weighted by molar-refractivity contribution is 0.475. The average molecular weight is 265 g/mol. The van der Waals surface area contributed by atoms with Gasteiger partial charge >= 0.3 is 0 Å². The number of nitrogens with one attached hydrogen (secondary N) is 1. The Balaban J connectivity index is 2.13. The van der Waals surface area contributed by atoms with Crippen LogP contribution in [0.4, 0.5) is 0 Å². The molecular weight excluding hydrogens is 250 g/mol. The third-order valence-electron chi connectivity index (χ3n) is 2.53. The number of hydrogen-bond acceptors (Lipinski definition) is 3. The largest absolute Gasteiger partial charge is 0.465 e. The van der Waals surface area contributed by atoms with Crippen molar-refractivity contribution in [3.05, 3.63) is 53.5 Å². The Morgan fingerprint density at radius 2 is 1.94 bits per heavy atom. The Bertz CT molecular complexity index is 644. The summed E-state index contributed by atoms with van der Waals surface area (Å²) in [7, 11) is -3.48. The molecule has 0 fully saturated rings. The van der Waals surface area contributed by atoms with Crippen LogP contribution in [0.5, 0.6) is 0 Å². The quantitative estimate of drug-likeness (QED) is 0.923. The van der Waals surface area contributed by atoms with Crippen LogP contribution in [0, 0.1) is 13.8 Å². The van der Waals surface area contributed by atoms with Crippen molar-refractivity contribution in [1.29, 1.82) is 0 Å². The van der Waals surface area contributed by atoms with Gasteiger partial charge < -0.3 is 4.42 Å². The maximum atomic E-state index is 12.0. The smallest absolute Gasteiger partial charge is 0.240 e. The Morgan fingerprint density at radius 3 is 2.56 bits per heavy atom. The molecule has 0 saturated carbocycles. The third kappa shape index (κ3) is 3.00. The summed E-state index contributed by atoms with van der Waals surface area (Å²) in [5, 5.41) is 0. The van der Waals surface area contributed by atoms with Crippen LogP contribution >= 0.6 is 0 Å². The highest BCUT2D eigenvalue weighted by atomic mass is 32.2. The summed E-state index contributed by atoms with van der Waals surface area (Å²) in [6.45, 7) is 3.83. The molecule has 2 aromatic rings. The average Bonchev–Trinajstić information content (AvgIpc) is 2.73. The summed E-state index contributed by atoms with van der Waals surface area (Å²) in [5.41, 5.74) is 0.909. The van der Waals surface area contributed by atoms with Gasteiger partial charge in [0.2, 0.25) is 10.0 Å². The molecular formula is C13H15NO3S. The van der Waals surface area contributed by atoms with Crippen LogP contribution in [-0.4, -0.2) is 8.42 Å². The maximum Gasteiger partial charge on any atom is 0.240 e. The fourth-order valence-electron chi connectivity index (χ4n) is 1.61. The number of benzene rings is 1. The summed E-state index contributed by atoms with van der Waals surface area (Å²) >= 11 is 0. The highest BCUT2D eigenvalue weighted by Crippen LogP contribution is 2.12. The maximum absolute atomic E-state index is 12.0. The minimum absolute atomic E-state index is 0.157. The van der Waals surface area contributed by atoms with E-state index < -0.39 is 10.0 Å². The molecule has 0 bridgehead atoms. The van der Waals surface area contributed by atoms with Gasteiger partial charge in [-0.25, -0.2) is 13.1 Å². The first-order chi connectivity index (χ1) is 8.47. The van der Waals surface area contributed by atoms with Gasteiger partial charge in [-0.15, -0.1) is 0 Å². The van der Waals surface area contributed by atoms with Gasteiger partial charge in [-0.3, -0.25) is 0 Å². The molecule has 0 unspecified atom stereocenters. The van der Waals surface area contributed by atoms with Gasteiger partial charge in [0.15, 0.2) is 0 Å². The van der Waals surface area contributed by atoms with Crippen LogP contribution in [-0.2, 0) is 16.6 Å². The Kier molecular flexibility index (Phi) is 3.54. The molecule has 5 heteroatoms. The van der Waals surface area contributed by atoms with Gasteiger partial charge in [-0.05, 0) is 43.7 Å². The lowest BCUT2D eigenvalue weighted by Gasteiger charge is -2.05. The minimum atomic E-state index is -3.48. The summed E-state index contributed by atoms with van der Waals surface area (Å²) < 4.78 is 31.8. The number of rotatable bonds is 4. The molecule has 96 valence electrons. The van der Waals surface area contributed by atoms with Crippen LogP contribution in [0.2, 0.25) is 0 Å². The van der Waals surface area contributed by atoms with E-state index in [1.54, 1.807) is 30.3 Å². The third-order valence-corrected chi connectivity index (χ3v) is 3.93. The molecule has 0 aliphatic rings. The predicted molar refractivity (Wildman–Crippen MR) is 68.6 cm³/mol. The van der Waals surface area contributed by atoms with E-state index in [2.05, 4.69) is 4.72 Å². The second-order valence-corrected chi connectivity index (χ2v) is 5.92. The first-order valence-electron chi connectivity index (χ1n) is 5.59. The van der Waals surface area contributed by atoms with Crippen molar-refractivity contribution in [2.24, 2.45) is 0 Å². The summed E-state index contributed by atoms with van der Waals surface area (Å²) in [5.74, 6) is 1.36. The molecule has 2 rings (SSSR count). The van der Waals surface area contributed by atoms with Gasteiger partial charge in [0.1, 0.15) is 11.5 Å². The Hall–Kier alpha value is -1.59. The molecule has 0 radical (unpaired) electrons. The van der Waals surface area contributed by atoms with Gasteiger partial charge in [-0.1, -0.05) is 12.1 Å². The molecule has 0 saturated heterocycles. The van der Waals surface area contributed by atoms with Gasteiger partial charge in [0.25, 0.3) is 0 Å². The van der Waals surface area contributed by atoms with E-state index in [0.29, 0.717) is 5.76 Å². The monoisotopic (exact) mass is 265 g/mol. The SMILES string of the molecule is Cc1cccc(S(=O)(=O)NCc2ccc(C)o2)c1. The highest BCUT2D eigenvalue weighted by Gasteiger charge is 2.14. The van der Waals surface area contributed by atoms with Crippen LogP contribution in [0.25, 0.3) is 0 Å². The van der Waals surface area contributed by atoms with Gasteiger partial charge in [-0.2, -0.15) is 0 Å². The second-order valence-electron chi connectivity index (χ2n) is 4.15. The van der Waals surface area contributed by atoms with Crippen LogP contribution < -0.4 is 4.72 Å². The standard InChI is InChI=1S/C13H15NO3S/c1-10-4-3-5-13(8-10)18(15,16)14-9-12-7-6-11(2)17-12/h3-8,14H,9H2,1-2H3. The van der Waals surface area contributed by atoms with E-state index in [-0.39, 0.29) is 11.4 Å². The second kappa shape index (κ2) is 4.96. The molecule has 0 amide bonds. The normalized spacial score (nSPS) is 11.7. The summed E-state index contributed by atoms with van der Waals surface area (Å²) in [6.07, 6.45) is 0. The zero-order valence-corrected chi connectivity index (χ0v) is 11.1. The lowest BCUT2D eigenvalue weighted by atomic mass is 10.2. The molecule has 18 heavy (non-hydrogen) atoms. The summed E-state index contributed by atoms with van der Waals surface area (Å²) in [4.78, 5) is 0.269. The van der Waals surface area contributed by atoms with E-state index in [4.69, 9.17) is 4.42 Å². The number of furan rings is 1. The molecule has 1 aromatic heterocycles. The van der Waals surface area contributed by atoms with Crippen molar-refractivity contribution in [1.82, 2.24) is 4.72 Å². The van der Waals surface area contributed by atoms with E-state index in [1.807, 2.05) is 19.9 Å². The molecule has 1 N–H and O–H groups in total. The zero-order valence-electron chi connectivity index (χ0n) is 10.3. The Labute approximate surface area is 107 Å². The van der Waals surface area contributed by atoms with E-state index >= 15 is 0 Å². The highest BCUT2D eigenvalue weighted by molar-refractivity contribution is 7.89. The lowest BCUT2D eigenvalue weighted by Crippen LogP contribution is -2.23. The minimum Gasteiger partial charge on any atom is -0.465 e. The van der Waals surface area contributed by atoms with Crippen molar-refractivity contribution >= 4 is 10.0 Å². The summed E-state index contributed by atoms with van der Waals surface area (Å²) in [6, 6.07) is 10.3. The molecule has 1 aromatic carbocycles. The molecule has 0 aliphatic carbocycles. The van der Waals surface area contributed by atoms with Crippen LogP contribution in [0.15, 0.2) is 45.7 Å². The van der Waals surface area contributed by atoms with Gasteiger partial charge in [0, 0.05) is 0 Å². The topological polar surface area (TPSA) is 59.3 Å². The van der Waals surface area contributed by atoms with E-state index in [9.17, 15) is 8.42 Å². The van der Waals surface area contributed by atoms with E-state index in [0.717, 1.165) is 11.3 Å².